The van der Waals surface area contributed by atoms with E-state index in [1.807, 2.05) is 34.9 Å². The molecule has 0 radical (unpaired) electrons. The van der Waals surface area contributed by atoms with Crippen molar-refractivity contribution >= 4 is 33.2 Å². The van der Waals surface area contributed by atoms with Crippen molar-refractivity contribution in [2.75, 3.05) is 13.1 Å². The summed E-state index contributed by atoms with van der Waals surface area (Å²) in [7, 11) is 0. The van der Waals surface area contributed by atoms with Crippen LogP contribution in [0.25, 0.3) is 0 Å². The van der Waals surface area contributed by atoms with Crippen molar-refractivity contribution in [1.82, 2.24) is 19.7 Å². The highest BCUT2D eigenvalue weighted by molar-refractivity contribution is 9.11. The molecule has 1 amide bonds. The molecule has 100 valence electrons. The first-order valence-corrected chi connectivity index (χ1v) is 7.65. The van der Waals surface area contributed by atoms with Crippen LogP contribution in [0.1, 0.15) is 28.0 Å². The van der Waals surface area contributed by atoms with Crippen LogP contribution in [-0.4, -0.2) is 38.7 Å². The lowest BCUT2D eigenvalue weighted by Gasteiger charge is -2.39. The van der Waals surface area contributed by atoms with Gasteiger partial charge in [0.1, 0.15) is 11.6 Å². The Hall–Kier alpha value is -1.21. The minimum Gasteiger partial charge on any atom is -0.334 e. The van der Waals surface area contributed by atoms with Gasteiger partial charge in [-0.1, -0.05) is 0 Å². The number of hydrogen-bond acceptors (Lipinski definition) is 4. The molecule has 1 aliphatic heterocycles. The number of nitrogens with zero attached hydrogens (tertiary/aromatic N) is 4. The molecule has 19 heavy (non-hydrogen) atoms. The first-order valence-electron chi connectivity index (χ1n) is 5.97. The fourth-order valence-electron chi connectivity index (χ4n) is 2.26. The van der Waals surface area contributed by atoms with Gasteiger partial charge in [0, 0.05) is 18.5 Å². The van der Waals surface area contributed by atoms with E-state index in [4.69, 9.17) is 0 Å². The Kier molecular flexibility index (Phi) is 3.18. The molecule has 1 saturated heterocycles. The average Bonchev–Trinajstić information content (AvgIpc) is 2.84. The summed E-state index contributed by atoms with van der Waals surface area (Å²) in [5, 5.41) is 6.24. The van der Waals surface area contributed by atoms with E-state index in [2.05, 4.69) is 26.0 Å². The van der Waals surface area contributed by atoms with E-state index in [-0.39, 0.29) is 11.9 Å². The number of aromatic nitrogens is 3. The third-order valence-electron chi connectivity index (χ3n) is 3.22. The Bertz CT molecular complexity index is 629. The van der Waals surface area contributed by atoms with Crippen LogP contribution in [0.2, 0.25) is 0 Å². The van der Waals surface area contributed by atoms with Gasteiger partial charge in [0.15, 0.2) is 0 Å². The number of halogens is 1. The normalized spacial score (nSPS) is 15.6. The lowest BCUT2D eigenvalue weighted by molar-refractivity contribution is 0.0497. The van der Waals surface area contributed by atoms with E-state index in [0.29, 0.717) is 13.1 Å². The van der Waals surface area contributed by atoms with Crippen LogP contribution >= 0.6 is 27.3 Å². The maximum absolute atomic E-state index is 12.2. The van der Waals surface area contributed by atoms with Crippen molar-refractivity contribution in [1.29, 1.82) is 0 Å². The zero-order valence-electron chi connectivity index (χ0n) is 10.6. The highest BCUT2D eigenvalue weighted by atomic mass is 79.9. The van der Waals surface area contributed by atoms with Gasteiger partial charge in [-0.3, -0.25) is 4.79 Å². The molecule has 3 heterocycles. The summed E-state index contributed by atoms with van der Waals surface area (Å²) in [6.45, 7) is 5.24. The van der Waals surface area contributed by atoms with Gasteiger partial charge >= 0.3 is 0 Å². The van der Waals surface area contributed by atoms with E-state index in [9.17, 15) is 4.79 Å². The summed E-state index contributed by atoms with van der Waals surface area (Å²) in [6, 6.07) is 2.12. The average molecular weight is 341 g/mol. The van der Waals surface area contributed by atoms with Crippen LogP contribution in [0.3, 0.4) is 0 Å². The lowest BCUT2D eigenvalue weighted by atomic mass is 10.1. The summed E-state index contributed by atoms with van der Waals surface area (Å²) in [6.07, 6.45) is 0. The molecule has 2 aromatic rings. The van der Waals surface area contributed by atoms with Gasteiger partial charge in [0.25, 0.3) is 5.91 Å². The SMILES string of the molecule is Cc1nc(C)n(C2CN(C(=O)c3csc(Br)c3)C2)n1. The molecule has 0 aliphatic carbocycles. The lowest BCUT2D eigenvalue weighted by Crippen LogP contribution is -2.51. The number of hydrogen-bond donors (Lipinski definition) is 0. The highest BCUT2D eigenvalue weighted by Crippen LogP contribution is 2.27. The van der Waals surface area contributed by atoms with Gasteiger partial charge in [-0.05, 0) is 35.8 Å². The van der Waals surface area contributed by atoms with Crippen LogP contribution < -0.4 is 0 Å². The predicted octanol–water partition coefficient (Wildman–Crippen LogP) is 2.42. The third-order valence-corrected chi connectivity index (χ3v) is 4.72. The van der Waals surface area contributed by atoms with Gasteiger partial charge in [-0.2, -0.15) is 5.10 Å². The Labute approximate surface area is 123 Å². The molecule has 0 aromatic carbocycles. The van der Waals surface area contributed by atoms with E-state index >= 15 is 0 Å². The number of likely N-dealkylation sites (tertiary alicyclic amines) is 1. The van der Waals surface area contributed by atoms with Crippen molar-refractivity contribution in [3.05, 3.63) is 32.4 Å². The van der Waals surface area contributed by atoms with E-state index in [1.165, 1.54) is 11.3 Å². The van der Waals surface area contributed by atoms with Crippen molar-refractivity contribution in [2.45, 2.75) is 19.9 Å². The molecule has 0 N–H and O–H groups in total. The largest absolute Gasteiger partial charge is 0.334 e. The smallest absolute Gasteiger partial charge is 0.254 e. The van der Waals surface area contributed by atoms with E-state index < -0.39 is 0 Å². The van der Waals surface area contributed by atoms with Crippen LogP contribution in [-0.2, 0) is 0 Å². The molecular formula is C12H13BrN4OS. The molecule has 7 heteroatoms. The van der Waals surface area contributed by atoms with Crippen LogP contribution in [0.5, 0.6) is 0 Å². The molecule has 3 rings (SSSR count). The van der Waals surface area contributed by atoms with Gasteiger partial charge in [-0.15, -0.1) is 11.3 Å². The van der Waals surface area contributed by atoms with Gasteiger partial charge in [0.2, 0.25) is 0 Å². The topological polar surface area (TPSA) is 51.0 Å². The number of amides is 1. The number of thiophene rings is 1. The minimum atomic E-state index is 0.0905. The van der Waals surface area contributed by atoms with E-state index in [1.54, 1.807) is 0 Å². The minimum absolute atomic E-state index is 0.0905. The summed E-state index contributed by atoms with van der Waals surface area (Å²) in [4.78, 5) is 18.3. The third kappa shape index (κ3) is 2.32. The first-order chi connectivity index (χ1) is 9.04. The fraction of sp³-hybridized carbons (Fsp3) is 0.417. The Morgan fingerprint density at radius 3 is 2.74 bits per heavy atom. The maximum Gasteiger partial charge on any atom is 0.254 e. The summed E-state index contributed by atoms with van der Waals surface area (Å²) >= 11 is 4.91. The van der Waals surface area contributed by atoms with E-state index in [0.717, 1.165) is 21.0 Å². The van der Waals surface area contributed by atoms with Gasteiger partial charge in [-0.25, -0.2) is 9.67 Å². The number of aryl methyl sites for hydroxylation is 2. The fourth-order valence-corrected chi connectivity index (χ4v) is 3.39. The monoisotopic (exact) mass is 340 g/mol. The summed E-state index contributed by atoms with van der Waals surface area (Å²) < 4.78 is 2.90. The standard InChI is InChI=1S/C12H13BrN4OS/c1-7-14-8(2)17(15-7)10-4-16(5-10)12(18)9-3-11(13)19-6-9/h3,6,10H,4-5H2,1-2H3. The molecule has 0 atom stereocenters. The number of rotatable bonds is 2. The zero-order chi connectivity index (χ0) is 13.6. The second-order valence-corrected chi connectivity index (χ2v) is 6.94. The molecule has 0 saturated carbocycles. The molecule has 5 nitrogen and oxygen atoms in total. The van der Waals surface area contributed by atoms with Crippen molar-refractivity contribution in [2.24, 2.45) is 0 Å². The van der Waals surface area contributed by atoms with Crippen molar-refractivity contribution in [3.63, 3.8) is 0 Å². The highest BCUT2D eigenvalue weighted by Gasteiger charge is 2.34. The van der Waals surface area contributed by atoms with Crippen LogP contribution in [0, 0.1) is 13.8 Å². The Morgan fingerprint density at radius 1 is 1.47 bits per heavy atom. The zero-order valence-corrected chi connectivity index (χ0v) is 13.0. The molecular weight excluding hydrogens is 328 g/mol. The Morgan fingerprint density at radius 2 is 2.21 bits per heavy atom. The van der Waals surface area contributed by atoms with Crippen molar-refractivity contribution < 1.29 is 4.79 Å². The molecule has 0 bridgehead atoms. The van der Waals surface area contributed by atoms with Crippen LogP contribution in [0.4, 0.5) is 0 Å². The predicted molar refractivity (Wildman–Crippen MR) is 76.5 cm³/mol. The quantitative estimate of drug-likeness (QED) is 0.843. The first kappa shape index (κ1) is 12.8. The Balaban J connectivity index is 1.67. The second-order valence-electron chi connectivity index (χ2n) is 4.65. The van der Waals surface area contributed by atoms with Gasteiger partial charge < -0.3 is 4.90 Å². The number of carbonyl (C=O) groups is 1. The number of carbonyl (C=O) groups excluding carboxylic acids is 1. The second kappa shape index (κ2) is 4.72. The molecule has 2 aromatic heterocycles. The van der Waals surface area contributed by atoms with Crippen molar-refractivity contribution in [3.8, 4) is 0 Å². The van der Waals surface area contributed by atoms with Crippen LogP contribution in [0.15, 0.2) is 15.2 Å². The summed E-state index contributed by atoms with van der Waals surface area (Å²) in [5.41, 5.74) is 0.752. The van der Waals surface area contributed by atoms with Gasteiger partial charge in [0.05, 0.1) is 15.4 Å². The molecule has 1 fully saturated rings. The maximum atomic E-state index is 12.2. The molecule has 1 aliphatic rings. The molecule has 0 spiro atoms. The molecule has 0 unspecified atom stereocenters. The summed E-state index contributed by atoms with van der Waals surface area (Å²) in [5.74, 6) is 1.78.